The number of methoxy groups -OCH3 is 1. The minimum Gasteiger partial charge on any atom is -0.493 e. The van der Waals surface area contributed by atoms with Gasteiger partial charge >= 0.3 is 0 Å². The quantitative estimate of drug-likeness (QED) is 0.586. The smallest absolute Gasteiger partial charge is 0.191 e. The van der Waals surface area contributed by atoms with E-state index >= 15 is 0 Å². The van der Waals surface area contributed by atoms with E-state index in [1.807, 2.05) is 31.2 Å². The Morgan fingerprint density at radius 1 is 1.12 bits per heavy atom. The third-order valence-electron chi connectivity index (χ3n) is 3.63. The fourth-order valence-electron chi connectivity index (χ4n) is 2.29. The number of ether oxygens (including phenoxy) is 2. The highest BCUT2D eigenvalue weighted by molar-refractivity contribution is 5.79. The van der Waals surface area contributed by atoms with Gasteiger partial charge in [-0.2, -0.15) is 0 Å². The van der Waals surface area contributed by atoms with Crippen LogP contribution in [0.25, 0.3) is 0 Å². The van der Waals surface area contributed by atoms with Crippen molar-refractivity contribution in [1.29, 1.82) is 0 Å². The number of nitrogens with zero attached hydrogens (tertiary/aromatic N) is 1. The van der Waals surface area contributed by atoms with E-state index in [0.717, 1.165) is 18.2 Å². The maximum atomic E-state index is 13.7. The monoisotopic (exact) mass is 363 g/mol. The molecule has 1 atom stereocenters. The van der Waals surface area contributed by atoms with E-state index < -0.39 is 11.6 Å². The molecule has 5 nitrogen and oxygen atoms in total. The topological polar surface area (TPSA) is 54.9 Å². The number of rotatable bonds is 7. The van der Waals surface area contributed by atoms with Crippen LogP contribution in [0.5, 0.6) is 11.5 Å². The number of hydrogen-bond donors (Lipinski definition) is 2. The summed E-state index contributed by atoms with van der Waals surface area (Å²) in [5.41, 5.74) is 0.228. The lowest BCUT2D eigenvalue weighted by Gasteiger charge is -2.19. The molecule has 0 amide bonds. The van der Waals surface area contributed by atoms with E-state index in [4.69, 9.17) is 9.47 Å². The Balaban J connectivity index is 1.85. The molecule has 2 N–H and O–H groups in total. The maximum Gasteiger partial charge on any atom is 0.191 e. The maximum absolute atomic E-state index is 13.7. The fraction of sp³-hybridized carbons (Fsp3) is 0.316. The Morgan fingerprint density at radius 3 is 2.54 bits per heavy atom. The number of hydrogen-bond acceptors (Lipinski definition) is 3. The summed E-state index contributed by atoms with van der Waals surface area (Å²) < 4.78 is 38.0. The zero-order valence-electron chi connectivity index (χ0n) is 15.1. The number of halogens is 2. The molecule has 0 fully saturated rings. The van der Waals surface area contributed by atoms with E-state index in [1.165, 1.54) is 0 Å². The van der Waals surface area contributed by atoms with Gasteiger partial charge in [-0.3, -0.25) is 4.99 Å². The van der Waals surface area contributed by atoms with Crippen molar-refractivity contribution in [2.24, 2.45) is 4.99 Å². The number of guanidine groups is 1. The van der Waals surface area contributed by atoms with Crippen molar-refractivity contribution < 1.29 is 18.3 Å². The molecule has 7 heteroatoms. The first-order valence-corrected chi connectivity index (χ1v) is 8.21. The molecule has 0 bridgehead atoms. The summed E-state index contributed by atoms with van der Waals surface area (Å²) in [5, 5.41) is 6.04. The van der Waals surface area contributed by atoms with Gasteiger partial charge in [0.15, 0.2) is 17.5 Å². The Bertz CT molecular complexity index is 753. The predicted molar refractivity (Wildman–Crippen MR) is 97.6 cm³/mol. The van der Waals surface area contributed by atoms with Crippen LogP contribution < -0.4 is 20.1 Å². The van der Waals surface area contributed by atoms with Crippen molar-refractivity contribution in [2.45, 2.75) is 19.6 Å². The molecule has 0 saturated heterocycles. The highest BCUT2D eigenvalue weighted by Gasteiger charge is 2.10. The highest BCUT2D eigenvalue weighted by Crippen LogP contribution is 2.26. The van der Waals surface area contributed by atoms with Crippen molar-refractivity contribution in [3.05, 3.63) is 59.7 Å². The zero-order valence-corrected chi connectivity index (χ0v) is 15.1. The first-order chi connectivity index (χ1) is 12.5. The van der Waals surface area contributed by atoms with Gasteiger partial charge in [0.25, 0.3) is 0 Å². The fourth-order valence-corrected chi connectivity index (χ4v) is 2.29. The zero-order chi connectivity index (χ0) is 18.9. The molecule has 0 aromatic heterocycles. The molecule has 0 spiro atoms. The molecular weight excluding hydrogens is 340 g/mol. The Morgan fingerprint density at radius 2 is 1.85 bits per heavy atom. The van der Waals surface area contributed by atoms with Gasteiger partial charge in [0.2, 0.25) is 0 Å². The van der Waals surface area contributed by atoms with Crippen LogP contribution in [0, 0.1) is 11.6 Å². The molecule has 1 unspecified atom stereocenters. The summed E-state index contributed by atoms with van der Waals surface area (Å²) in [4.78, 5) is 4.07. The summed E-state index contributed by atoms with van der Waals surface area (Å²) in [6, 6.07) is 10.7. The van der Waals surface area contributed by atoms with Crippen LogP contribution in [0.1, 0.15) is 12.5 Å². The SMILES string of the molecule is CN=C(NCc1cc(F)ccc1F)NCC(C)Oc1ccccc1OC. The molecule has 0 radical (unpaired) electrons. The first kappa shape index (κ1) is 19.5. The molecule has 2 rings (SSSR count). The van der Waals surface area contributed by atoms with Crippen LogP contribution in [-0.4, -0.2) is 32.8 Å². The number of benzene rings is 2. The molecule has 2 aromatic carbocycles. The Labute approximate surface area is 152 Å². The van der Waals surface area contributed by atoms with E-state index in [1.54, 1.807) is 14.2 Å². The molecule has 0 aliphatic rings. The molecular formula is C19H23F2N3O2. The van der Waals surface area contributed by atoms with Crippen molar-refractivity contribution in [1.82, 2.24) is 10.6 Å². The summed E-state index contributed by atoms with van der Waals surface area (Å²) in [5.74, 6) is 0.814. The number of para-hydroxylation sites is 2. The summed E-state index contributed by atoms with van der Waals surface area (Å²) in [7, 11) is 3.19. The molecule has 26 heavy (non-hydrogen) atoms. The lowest BCUT2D eigenvalue weighted by Crippen LogP contribution is -2.41. The number of aliphatic imine (C=N–C) groups is 1. The average molecular weight is 363 g/mol. The normalized spacial score (nSPS) is 12.4. The Kier molecular flexibility index (Phi) is 7.20. The molecule has 0 heterocycles. The lowest BCUT2D eigenvalue weighted by molar-refractivity contribution is 0.213. The number of nitrogens with one attached hydrogen (secondary N) is 2. The summed E-state index contributed by atoms with van der Waals surface area (Å²) >= 11 is 0. The van der Waals surface area contributed by atoms with Crippen LogP contribution in [-0.2, 0) is 6.54 Å². The first-order valence-electron chi connectivity index (χ1n) is 8.21. The van der Waals surface area contributed by atoms with Crippen LogP contribution >= 0.6 is 0 Å². The highest BCUT2D eigenvalue weighted by atomic mass is 19.1. The third kappa shape index (κ3) is 5.61. The Hall–Kier alpha value is -2.83. The largest absolute Gasteiger partial charge is 0.493 e. The van der Waals surface area contributed by atoms with Gasteiger partial charge < -0.3 is 20.1 Å². The second-order valence-electron chi connectivity index (χ2n) is 5.62. The van der Waals surface area contributed by atoms with Crippen molar-refractivity contribution in [3.8, 4) is 11.5 Å². The van der Waals surface area contributed by atoms with Crippen molar-refractivity contribution >= 4 is 5.96 Å². The third-order valence-corrected chi connectivity index (χ3v) is 3.63. The minimum absolute atomic E-state index is 0.116. The van der Waals surface area contributed by atoms with E-state index in [-0.39, 0.29) is 18.2 Å². The average Bonchev–Trinajstić information content (AvgIpc) is 2.65. The second-order valence-corrected chi connectivity index (χ2v) is 5.62. The van der Waals surface area contributed by atoms with Crippen LogP contribution in [0.15, 0.2) is 47.5 Å². The van der Waals surface area contributed by atoms with Gasteiger partial charge in [0, 0.05) is 19.2 Å². The standard InChI is InChI=1S/C19H23F2N3O2/c1-13(26-18-7-5-4-6-17(18)25-3)11-23-19(22-2)24-12-14-10-15(20)8-9-16(14)21/h4-10,13H,11-12H2,1-3H3,(H2,22,23,24). The molecule has 0 aliphatic carbocycles. The minimum atomic E-state index is -0.482. The van der Waals surface area contributed by atoms with Gasteiger partial charge in [-0.15, -0.1) is 0 Å². The van der Waals surface area contributed by atoms with E-state index in [9.17, 15) is 8.78 Å². The molecule has 0 aliphatic heterocycles. The second kappa shape index (κ2) is 9.60. The van der Waals surface area contributed by atoms with Crippen LogP contribution in [0.4, 0.5) is 8.78 Å². The summed E-state index contributed by atoms with van der Waals surface area (Å²) in [6.07, 6.45) is -0.171. The molecule has 140 valence electrons. The van der Waals surface area contributed by atoms with Crippen LogP contribution in [0.3, 0.4) is 0 Å². The van der Waals surface area contributed by atoms with Crippen molar-refractivity contribution in [2.75, 3.05) is 20.7 Å². The van der Waals surface area contributed by atoms with Gasteiger partial charge in [0.05, 0.1) is 13.7 Å². The predicted octanol–water partition coefficient (Wildman–Crippen LogP) is 3.11. The van der Waals surface area contributed by atoms with E-state index in [2.05, 4.69) is 15.6 Å². The van der Waals surface area contributed by atoms with Gasteiger partial charge in [-0.05, 0) is 37.3 Å². The van der Waals surface area contributed by atoms with Gasteiger partial charge in [-0.1, -0.05) is 12.1 Å². The summed E-state index contributed by atoms with van der Waals surface area (Å²) in [6.45, 7) is 2.48. The van der Waals surface area contributed by atoms with Crippen LogP contribution in [0.2, 0.25) is 0 Å². The van der Waals surface area contributed by atoms with Gasteiger partial charge in [0.1, 0.15) is 17.7 Å². The molecule has 0 saturated carbocycles. The molecule has 2 aromatic rings. The van der Waals surface area contributed by atoms with Gasteiger partial charge in [-0.25, -0.2) is 8.78 Å². The van der Waals surface area contributed by atoms with E-state index in [0.29, 0.717) is 24.0 Å². The van der Waals surface area contributed by atoms with Crippen molar-refractivity contribution in [3.63, 3.8) is 0 Å². The lowest BCUT2D eigenvalue weighted by atomic mass is 10.2.